The maximum Gasteiger partial charge on any atom is 0.242 e. The Morgan fingerprint density at radius 1 is 1.69 bits per heavy atom. The van der Waals surface area contributed by atoms with Crippen molar-refractivity contribution in [3.8, 4) is 6.07 Å². The molecule has 0 aliphatic heterocycles. The van der Waals surface area contributed by atoms with E-state index in [9.17, 15) is 4.79 Å². The molecule has 2 rings (SSSR count). The van der Waals surface area contributed by atoms with Crippen molar-refractivity contribution in [1.29, 1.82) is 5.26 Å². The minimum atomic E-state index is -0.676. The first kappa shape index (κ1) is 11.2. The third-order valence-electron chi connectivity index (χ3n) is 2.99. The fourth-order valence-electron chi connectivity index (χ4n) is 1.70. The van der Waals surface area contributed by atoms with E-state index in [1.807, 2.05) is 11.4 Å². The van der Waals surface area contributed by atoms with E-state index >= 15 is 0 Å². The van der Waals surface area contributed by atoms with E-state index in [1.165, 1.54) is 4.88 Å². The van der Waals surface area contributed by atoms with Crippen LogP contribution in [0.25, 0.3) is 0 Å². The van der Waals surface area contributed by atoms with Crippen LogP contribution in [0.3, 0.4) is 0 Å². The van der Waals surface area contributed by atoms with Crippen molar-refractivity contribution in [2.45, 2.75) is 19.3 Å². The smallest absolute Gasteiger partial charge is 0.242 e. The summed E-state index contributed by atoms with van der Waals surface area (Å²) < 4.78 is 0. The summed E-state index contributed by atoms with van der Waals surface area (Å²) in [7, 11) is 1.79. The van der Waals surface area contributed by atoms with E-state index in [1.54, 1.807) is 23.3 Å². The Morgan fingerprint density at radius 2 is 2.44 bits per heavy atom. The van der Waals surface area contributed by atoms with E-state index in [0.717, 1.165) is 19.3 Å². The normalized spacial score (nSPS) is 16.5. The zero-order valence-electron chi connectivity index (χ0n) is 9.27. The first-order valence-corrected chi connectivity index (χ1v) is 6.25. The second-order valence-electron chi connectivity index (χ2n) is 4.25. The second kappa shape index (κ2) is 4.26. The Bertz CT molecular complexity index is 415. The first-order valence-electron chi connectivity index (χ1n) is 5.37. The molecule has 84 valence electrons. The number of nitriles is 1. The molecule has 0 unspecified atom stereocenters. The number of hydrogen-bond acceptors (Lipinski definition) is 3. The quantitative estimate of drug-likeness (QED) is 0.800. The van der Waals surface area contributed by atoms with Crippen molar-refractivity contribution in [2.24, 2.45) is 5.41 Å². The topological polar surface area (TPSA) is 44.1 Å². The van der Waals surface area contributed by atoms with Crippen LogP contribution >= 0.6 is 11.3 Å². The molecule has 1 aromatic heterocycles. The van der Waals surface area contributed by atoms with Gasteiger partial charge in [0.25, 0.3) is 0 Å². The number of hydrogen-bond donors (Lipinski definition) is 0. The number of carbonyl (C=O) groups excluding carboxylic acids is 1. The molecule has 0 saturated heterocycles. The predicted octanol–water partition coefficient (Wildman–Crippen LogP) is 2.05. The van der Waals surface area contributed by atoms with Gasteiger partial charge in [0.15, 0.2) is 0 Å². The average Bonchev–Trinajstić information content (AvgIpc) is 2.94. The molecular weight excluding hydrogens is 220 g/mol. The van der Waals surface area contributed by atoms with Crippen LogP contribution in [-0.2, 0) is 11.2 Å². The maximum atomic E-state index is 11.9. The van der Waals surface area contributed by atoms with Gasteiger partial charge in [-0.1, -0.05) is 6.07 Å². The molecule has 4 heteroatoms. The highest BCUT2D eigenvalue weighted by Crippen LogP contribution is 2.46. The summed E-state index contributed by atoms with van der Waals surface area (Å²) in [6.45, 7) is 0.697. The fourth-order valence-corrected chi connectivity index (χ4v) is 2.40. The molecule has 0 radical (unpaired) electrons. The Morgan fingerprint density at radius 3 is 2.94 bits per heavy atom. The van der Waals surface area contributed by atoms with Crippen LogP contribution in [0.1, 0.15) is 17.7 Å². The highest BCUT2D eigenvalue weighted by Gasteiger charge is 2.51. The van der Waals surface area contributed by atoms with Gasteiger partial charge in [-0.25, -0.2) is 0 Å². The molecular formula is C12H14N2OS. The molecule has 0 bridgehead atoms. The Kier molecular flexibility index (Phi) is 2.97. The summed E-state index contributed by atoms with van der Waals surface area (Å²) in [4.78, 5) is 14.9. The van der Waals surface area contributed by atoms with Crippen LogP contribution in [0.2, 0.25) is 0 Å². The molecule has 0 N–H and O–H groups in total. The molecule has 1 aliphatic rings. The summed E-state index contributed by atoms with van der Waals surface area (Å²) in [5, 5.41) is 11.0. The molecule has 0 atom stereocenters. The van der Waals surface area contributed by atoms with E-state index in [2.05, 4.69) is 12.1 Å². The predicted molar refractivity (Wildman–Crippen MR) is 62.9 cm³/mol. The summed E-state index contributed by atoms with van der Waals surface area (Å²) >= 11 is 1.70. The van der Waals surface area contributed by atoms with Crippen molar-refractivity contribution in [2.75, 3.05) is 13.6 Å². The number of rotatable bonds is 4. The summed E-state index contributed by atoms with van der Waals surface area (Å²) in [5.41, 5.74) is -0.676. The van der Waals surface area contributed by atoms with Gasteiger partial charge in [0.05, 0.1) is 6.07 Å². The van der Waals surface area contributed by atoms with Crippen molar-refractivity contribution in [3.63, 3.8) is 0 Å². The van der Waals surface area contributed by atoms with Gasteiger partial charge in [0, 0.05) is 18.5 Å². The van der Waals surface area contributed by atoms with Crippen molar-refractivity contribution < 1.29 is 4.79 Å². The lowest BCUT2D eigenvalue weighted by Gasteiger charge is -2.19. The van der Waals surface area contributed by atoms with Crippen LogP contribution in [0, 0.1) is 16.7 Å². The molecule has 1 amide bonds. The lowest BCUT2D eigenvalue weighted by Crippen LogP contribution is -2.34. The van der Waals surface area contributed by atoms with E-state index in [-0.39, 0.29) is 5.91 Å². The van der Waals surface area contributed by atoms with Gasteiger partial charge in [-0.2, -0.15) is 5.26 Å². The van der Waals surface area contributed by atoms with Crippen LogP contribution in [-0.4, -0.2) is 24.4 Å². The minimum absolute atomic E-state index is 0.00782. The van der Waals surface area contributed by atoms with Gasteiger partial charge in [-0.05, 0) is 30.7 Å². The summed E-state index contributed by atoms with van der Waals surface area (Å²) in [6.07, 6.45) is 2.33. The van der Waals surface area contributed by atoms with Crippen molar-refractivity contribution >= 4 is 17.2 Å². The molecule has 1 fully saturated rings. The largest absolute Gasteiger partial charge is 0.344 e. The number of nitrogens with zero attached hydrogens (tertiary/aromatic N) is 2. The van der Waals surface area contributed by atoms with Crippen LogP contribution in [0.5, 0.6) is 0 Å². The van der Waals surface area contributed by atoms with Crippen LogP contribution in [0.4, 0.5) is 0 Å². The average molecular weight is 234 g/mol. The highest BCUT2D eigenvalue weighted by molar-refractivity contribution is 7.09. The number of thiophene rings is 1. The van der Waals surface area contributed by atoms with Crippen LogP contribution < -0.4 is 0 Å². The maximum absolute atomic E-state index is 11.9. The van der Waals surface area contributed by atoms with E-state index in [0.29, 0.717) is 6.54 Å². The zero-order valence-corrected chi connectivity index (χ0v) is 10.1. The molecule has 3 nitrogen and oxygen atoms in total. The second-order valence-corrected chi connectivity index (χ2v) is 5.28. The Labute approximate surface area is 99.3 Å². The highest BCUT2D eigenvalue weighted by atomic mass is 32.1. The standard InChI is InChI=1S/C12H14N2OS/c1-14(7-4-10-3-2-8-16-10)11(15)12(9-13)5-6-12/h2-3,8H,4-7H2,1H3. The molecule has 1 aromatic rings. The monoisotopic (exact) mass is 234 g/mol. The van der Waals surface area contributed by atoms with E-state index in [4.69, 9.17) is 5.26 Å². The van der Waals surface area contributed by atoms with Gasteiger partial charge >= 0.3 is 0 Å². The summed E-state index contributed by atoms with van der Waals surface area (Å²) in [5.74, 6) is -0.00782. The lowest BCUT2D eigenvalue weighted by atomic mass is 10.1. The molecule has 1 heterocycles. The molecule has 0 aromatic carbocycles. The zero-order chi connectivity index (χ0) is 11.6. The van der Waals surface area contributed by atoms with Gasteiger partial charge in [0.1, 0.15) is 5.41 Å². The Hall–Kier alpha value is -1.34. The number of carbonyl (C=O) groups is 1. The molecule has 16 heavy (non-hydrogen) atoms. The third-order valence-corrected chi connectivity index (χ3v) is 3.93. The number of likely N-dealkylation sites (N-methyl/N-ethyl adjacent to an activating group) is 1. The van der Waals surface area contributed by atoms with Gasteiger partial charge < -0.3 is 4.90 Å². The molecule has 1 saturated carbocycles. The fraction of sp³-hybridized carbons (Fsp3) is 0.500. The minimum Gasteiger partial charge on any atom is -0.344 e. The SMILES string of the molecule is CN(CCc1cccs1)C(=O)C1(C#N)CC1. The Balaban J connectivity index is 1.87. The summed E-state index contributed by atoms with van der Waals surface area (Å²) in [6, 6.07) is 6.22. The van der Waals surface area contributed by atoms with Gasteiger partial charge in [0.2, 0.25) is 5.91 Å². The molecule has 0 spiro atoms. The van der Waals surface area contributed by atoms with Gasteiger partial charge in [-0.3, -0.25) is 4.79 Å². The van der Waals surface area contributed by atoms with Crippen LogP contribution in [0.15, 0.2) is 17.5 Å². The lowest BCUT2D eigenvalue weighted by molar-refractivity contribution is -0.133. The van der Waals surface area contributed by atoms with Gasteiger partial charge in [-0.15, -0.1) is 11.3 Å². The molecule has 1 aliphatic carbocycles. The first-order chi connectivity index (χ1) is 7.68. The van der Waals surface area contributed by atoms with Crippen molar-refractivity contribution in [1.82, 2.24) is 4.90 Å². The number of amides is 1. The van der Waals surface area contributed by atoms with Crippen molar-refractivity contribution in [3.05, 3.63) is 22.4 Å². The third kappa shape index (κ3) is 2.10. The van der Waals surface area contributed by atoms with E-state index < -0.39 is 5.41 Å².